The van der Waals surface area contributed by atoms with Crippen LogP contribution in [0, 0.1) is 13.8 Å². The van der Waals surface area contributed by atoms with Gasteiger partial charge in [-0.05, 0) is 43.5 Å². The zero-order valence-corrected chi connectivity index (χ0v) is 13.5. The van der Waals surface area contributed by atoms with E-state index in [9.17, 15) is 16.8 Å². The molecule has 0 aliphatic carbocycles. The molecule has 0 spiro atoms. The maximum atomic E-state index is 12.1. The lowest BCUT2D eigenvalue weighted by atomic mass is 10.1. The van der Waals surface area contributed by atoms with E-state index in [1.165, 1.54) is 4.31 Å². The van der Waals surface area contributed by atoms with Crippen LogP contribution in [0.4, 0.5) is 5.69 Å². The summed E-state index contributed by atoms with van der Waals surface area (Å²) in [6.07, 6.45) is 1.47. The first-order chi connectivity index (χ1) is 9.10. The van der Waals surface area contributed by atoms with Gasteiger partial charge in [-0.2, -0.15) is 0 Å². The van der Waals surface area contributed by atoms with Crippen LogP contribution in [-0.4, -0.2) is 40.6 Å². The van der Waals surface area contributed by atoms with E-state index in [0.717, 1.165) is 17.4 Å². The lowest BCUT2D eigenvalue weighted by Gasteiger charge is -2.28. The first-order valence-corrected chi connectivity index (χ1v) is 10.0. The monoisotopic (exact) mass is 317 g/mol. The van der Waals surface area contributed by atoms with Crippen molar-refractivity contribution in [3.63, 3.8) is 0 Å². The van der Waals surface area contributed by atoms with E-state index >= 15 is 0 Å². The summed E-state index contributed by atoms with van der Waals surface area (Å²) in [5, 5.41) is 0. The van der Waals surface area contributed by atoms with Crippen molar-refractivity contribution in [3.8, 4) is 0 Å². The van der Waals surface area contributed by atoms with E-state index in [-0.39, 0.29) is 11.5 Å². The molecule has 0 N–H and O–H groups in total. The van der Waals surface area contributed by atoms with Gasteiger partial charge in [0, 0.05) is 0 Å². The lowest BCUT2D eigenvalue weighted by molar-refractivity contribution is 0.586. The summed E-state index contributed by atoms with van der Waals surface area (Å²) in [6.45, 7) is 3.86. The molecule has 0 saturated carbocycles. The highest BCUT2D eigenvalue weighted by Crippen LogP contribution is 2.28. The standard InChI is InChI=1S/C13H19NO4S2/c1-10-4-5-12(8-11(10)2)14(19(3,15)16)13-6-7-20(17,18)9-13/h4-5,8,13H,6-7,9H2,1-3H3. The first kappa shape index (κ1) is 15.3. The molecule has 0 radical (unpaired) electrons. The molecule has 112 valence electrons. The maximum Gasteiger partial charge on any atom is 0.232 e. The second-order valence-electron chi connectivity index (χ2n) is 5.38. The van der Waals surface area contributed by atoms with Crippen LogP contribution < -0.4 is 4.31 Å². The molecule has 1 aromatic carbocycles. The molecule has 2 rings (SSSR count). The minimum absolute atomic E-state index is 0.0501. The van der Waals surface area contributed by atoms with Gasteiger partial charge >= 0.3 is 0 Å². The molecule has 1 saturated heterocycles. The molecule has 1 atom stereocenters. The van der Waals surface area contributed by atoms with Gasteiger partial charge in [-0.1, -0.05) is 6.07 Å². The van der Waals surface area contributed by atoms with Gasteiger partial charge in [0.05, 0.1) is 29.5 Å². The van der Waals surface area contributed by atoms with Crippen LogP contribution in [0.2, 0.25) is 0 Å². The Morgan fingerprint density at radius 1 is 1.20 bits per heavy atom. The fraction of sp³-hybridized carbons (Fsp3) is 0.538. The molecule has 0 bridgehead atoms. The van der Waals surface area contributed by atoms with E-state index in [1.54, 1.807) is 12.1 Å². The third-order valence-electron chi connectivity index (χ3n) is 3.64. The highest BCUT2D eigenvalue weighted by Gasteiger charge is 2.36. The Bertz CT molecular complexity index is 723. The Morgan fingerprint density at radius 3 is 2.30 bits per heavy atom. The normalized spacial score (nSPS) is 21.9. The lowest BCUT2D eigenvalue weighted by Crippen LogP contribution is -2.40. The third kappa shape index (κ3) is 3.15. The van der Waals surface area contributed by atoms with Crippen LogP contribution in [-0.2, 0) is 19.9 Å². The van der Waals surface area contributed by atoms with E-state index in [0.29, 0.717) is 12.1 Å². The molecule has 1 unspecified atom stereocenters. The van der Waals surface area contributed by atoms with Crippen molar-refractivity contribution in [2.45, 2.75) is 26.3 Å². The molecule has 20 heavy (non-hydrogen) atoms. The summed E-state index contributed by atoms with van der Waals surface area (Å²) < 4.78 is 48.6. The van der Waals surface area contributed by atoms with E-state index in [2.05, 4.69) is 0 Å². The summed E-state index contributed by atoms with van der Waals surface area (Å²) in [5.74, 6) is -0.0540. The zero-order chi connectivity index (χ0) is 15.1. The maximum absolute atomic E-state index is 12.1. The summed E-state index contributed by atoms with van der Waals surface area (Å²) in [5.41, 5.74) is 2.59. The minimum Gasteiger partial charge on any atom is -0.266 e. The Balaban J connectivity index is 2.46. The largest absolute Gasteiger partial charge is 0.266 e. The predicted octanol–water partition coefficient (Wildman–Crippen LogP) is 1.26. The van der Waals surface area contributed by atoms with Gasteiger partial charge < -0.3 is 0 Å². The van der Waals surface area contributed by atoms with Gasteiger partial charge in [-0.25, -0.2) is 16.8 Å². The molecular formula is C13H19NO4S2. The van der Waals surface area contributed by atoms with Gasteiger partial charge in [0.1, 0.15) is 0 Å². The number of sulfonamides is 1. The first-order valence-electron chi connectivity index (χ1n) is 6.37. The number of nitrogens with zero attached hydrogens (tertiary/aromatic N) is 1. The molecule has 1 fully saturated rings. The van der Waals surface area contributed by atoms with Crippen LogP contribution in [0.25, 0.3) is 0 Å². The van der Waals surface area contributed by atoms with Crippen molar-refractivity contribution in [3.05, 3.63) is 29.3 Å². The van der Waals surface area contributed by atoms with Gasteiger partial charge in [0.25, 0.3) is 0 Å². The number of hydrogen-bond donors (Lipinski definition) is 0. The molecule has 7 heteroatoms. The van der Waals surface area contributed by atoms with Gasteiger partial charge in [0.2, 0.25) is 10.0 Å². The molecular weight excluding hydrogens is 298 g/mol. The number of benzene rings is 1. The zero-order valence-electron chi connectivity index (χ0n) is 11.8. The van der Waals surface area contributed by atoms with Crippen molar-refractivity contribution < 1.29 is 16.8 Å². The quantitative estimate of drug-likeness (QED) is 0.841. The Labute approximate surface area is 120 Å². The van der Waals surface area contributed by atoms with Crippen molar-refractivity contribution in [1.29, 1.82) is 0 Å². The molecule has 0 aromatic heterocycles. The van der Waals surface area contributed by atoms with Crippen molar-refractivity contribution >= 4 is 25.5 Å². The number of rotatable bonds is 3. The molecule has 5 nitrogen and oxygen atoms in total. The Morgan fingerprint density at radius 2 is 1.85 bits per heavy atom. The summed E-state index contributed by atoms with van der Waals surface area (Å²) in [4.78, 5) is 0. The van der Waals surface area contributed by atoms with Gasteiger partial charge in [-0.15, -0.1) is 0 Å². The van der Waals surface area contributed by atoms with Crippen LogP contribution >= 0.6 is 0 Å². The van der Waals surface area contributed by atoms with E-state index < -0.39 is 25.9 Å². The third-order valence-corrected chi connectivity index (χ3v) is 6.62. The van der Waals surface area contributed by atoms with E-state index in [1.807, 2.05) is 19.9 Å². The Hall–Kier alpha value is -1.08. The van der Waals surface area contributed by atoms with E-state index in [4.69, 9.17) is 0 Å². The smallest absolute Gasteiger partial charge is 0.232 e. The van der Waals surface area contributed by atoms with Gasteiger partial charge in [-0.3, -0.25) is 4.31 Å². The second-order valence-corrected chi connectivity index (χ2v) is 9.47. The average Bonchev–Trinajstić information content (AvgIpc) is 2.62. The molecule has 0 amide bonds. The van der Waals surface area contributed by atoms with Crippen LogP contribution in [0.15, 0.2) is 18.2 Å². The molecule has 1 heterocycles. The minimum atomic E-state index is -3.51. The molecule has 1 aliphatic heterocycles. The van der Waals surface area contributed by atoms with Crippen LogP contribution in [0.1, 0.15) is 17.5 Å². The van der Waals surface area contributed by atoms with Crippen molar-refractivity contribution in [2.75, 3.05) is 22.1 Å². The SMILES string of the molecule is Cc1ccc(N(C2CCS(=O)(=O)C2)S(C)(=O)=O)cc1C. The second kappa shape index (κ2) is 5.04. The average molecular weight is 317 g/mol. The number of sulfone groups is 1. The van der Waals surface area contributed by atoms with Crippen LogP contribution in [0.3, 0.4) is 0 Å². The number of anilines is 1. The number of aryl methyl sites for hydroxylation is 2. The Kier molecular flexibility index (Phi) is 3.85. The number of hydrogen-bond acceptors (Lipinski definition) is 4. The summed E-state index contributed by atoms with van der Waals surface area (Å²) >= 11 is 0. The topological polar surface area (TPSA) is 71.5 Å². The van der Waals surface area contributed by atoms with Crippen molar-refractivity contribution in [2.24, 2.45) is 0 Å². The molecule has 1 aromatic rings. The summed E-state index contributed by atoms with van der Waals surface area (Å²) in [6, 6.07) is 4.87. The predicted molar refractivity (Wildman–Crippen MR) is 80.3 cm³/mol. The highest BCUT2D eigenvalue weighted by molar-refractivity contribution is 7.93. The fourth-order valence-electron chi connectivity index (χ4n) is 2.50. The molecule has 1 aliphatic rings. The van der Waals surface area contributed by atoms with Crippen molar-refractivity contribution in [1.82, 2.24) is 0 Å². The summed E-state index contributed by atoms with van der Waals surface area (Å²) in [7, 11) is -6.65. The highest BCUT2D eigenvalue weighted by atomic mass is 32.2. The van der Waals surface area contributed by atoms with Crippen LogP contribution in [0.5, 0.6) is 0 Å². The fourth-order valence-corrected chi connectivity index (χ4v) is 5.51. The van der Waals surface area contributed by atoms with Gasteiger partial charge in [0.15, 0.2) is 9.84 Å².